The van der Waals surface area contributed by atoms with Crippen LogP contribution in [-0.2, 0) is 0 Å². The smallest absolute Gasteiger partial charge is 0.324 e. The van der Waals surface area contributed by atoms with Crippen LogP contribution < -0.4 is 5.32 Å². The maximum absolute atomic E-state index is 10.5. The Bertz CT molecular complexity index is 406. The molecule has 6 nitrogen and oxygen atoms in total. The van der Waals surface area contributed by atoms with Gasteiger partial charge in [-0.2, -0.15) is 4.98 Å². The standard InChI is InChI=1S/C9H11ClN4O2/c10-8-7(14(15)16)5-11-9(13-8)12-6-3-1-2-4-6/h5-6H,1-4H2,(H,11,12,13). The minimum Gasteiger partial charge on any atom is -0.351 e. The number of nitrogens with one attached hydrogen (secondary N) is 1. The summed E-state index contributed by atoms with van der Waals surface area (Å²) in [6, 6.07) is 0.359. The highest BCUT2D eigenvalue weighted by Gasteiger charge is 2.18. The Balaban J connectivity index is 2.11. The number of rotatable bonds is 3. The van der Waals surface area contributed by atoms with Crippen LogP contribution in [0.25, 0.3) is 0 Å². The molecule has 86 valence electrons. The second-order valence-electron chi connectivity index (χ2n) is 3.75. The average molecular weight is 243 g/mol. The fraction of sp³-hybridized carbons (Fsp3) is 0.556. The largest absolute Gasteiger partial charge is 0.351 e. The number of nitro groups is 1. The summed E-state index contributed by atoms with van der Waals surface area (Å²) >= 11 is 5.68. The van der Waals surface area contributed by atoms with Crippen molar-refractivity contribution in [3.63, 3.8) is 0 Å². The Morgan fingerprint density at radius 3 is 2.75 bits per heavy atom. The van der Waals surface area contributed by atoms with Gasteiger partial charge in [0.25, 0.3) is 0 Å². The molecule has 0 atom stereocenters. The van der Waals surface area contributed by atoms with Gasteiger partial charge in [-0.1, -0.05) is 24.4 Å². The minimum absolute atomic E-state index is 0.125. The van der Waals surface area contributed by atoms with Crippen LogP contribution in [-0.4, -0.2) is 20.9 Å². The molecular weight excluding hydrogens is 232 g/mol. The highest BCUT2D eigenvalue weighted by atomic mass is 35.5. The van der Waals surface area contributed by atoms with E-state index in [9.17, 15) is 10.1 Å². The van der Waals surface area contributed by atoms with Crippen molar-refractivity contribution in [1.82, 2.24) is 9.97 Å². The Labute approximate surface area is 97.2 Å². The van der Waals surface area contributed by atoms with Crippen molar-refractivity contribution in [2.75, 3.05) is 5.32 Å². The van der Waals surface area contributed by atoms with E-state index in [1.54, 1.807) is 0 Å². The Morgan fingerprint density at radius 2 is 2.19 bits per heavy atom. The van der Waals surface area contributed by atoms with Gasteiger partial charge < -0.3 is 5.32 Å². The summed E-state index contributed by atoms with van der Waals surface area (Å²) in [6.07, 6.45) is 5.68. The van der Waals surface area contributed by atoms with Gasteiger partial charge in [0.2, 0.25) is 11.1 Å². The summed E-state index contributed by atoms with van der Waals surface area (Å²) in [5.74, 6) is 0.363. The van der Waals surface area contributed by atoms with E-state index in [0.717, 1.165) is 19.0 Å². The van der Waals surface area contributed by atoms with Gasteiger partial charge in [-0.15, -0.1) is 0 Å². The van der Waals surface area contributed by atoms with Gasteiger partial charge in [-0.3, -0.25) is 10.1 Å². The maximum atomic E-state index is 10.5. The number of aromatic nitrogens is 2. The van der Waals surface area contributed by atoms with E-state index < -0.39 is 4.92 Å². The molecule has 0 unspecified atom stereocenters. The summed E-state index contributed by atoms with van der Waals surface area (Å²) < 4.78 is 0. The number of halogens is 1. The number of hydrogen-bond donors (Lipinski definition) is 1. The molecule has 1 aliphatic rings. The van der Waals surface area contributed by atoms with E-state index in [-0.39, 0.29) is 10.8 Å². The van der Waals surface area contributed by atoms with Gasteiger partial charge in [-0.25, -0.2) is 4.98 Å². The molecule has 0 amide bonds. The zero-order valence-electron chi connectivity index (χ0n) is 8.52. The van der Waals surface area contributed by atoms with Crippen LogP contribution in [0.3, 0.4) is 0 Å². The normalized spacial score (nSPS) is 16.3. The molecule has 1 N–H and O–H groups in total. The molecule has 1 aromatic rings. The molecule has 1 heterocycles. The summed E-state index contributed by atoms with van der Waals surface area (Å²) in [6.45, 7) is 0. The van der Waals surface area contributed by atoms with Crippen LogP contribution in [0, 0.1) is 10.1 Å². The minimum atomic E-state index is -0.596. The van der Waals surface area contributed by atoms with Gasteiger partial charge in [0.05, 0.1) is 4.92 Å². The van der Waals surface area contributed by atoms with Crippen LogP contribution in [0.5, 0.6) is 0 Å². The second kappa shape index (κ2) is 4.61. The summed E-state index contributed by atoms with van der Waals surface area (Å²) in [5, 5.41) is 13.5. The number of anilines is 1. The summed E-state index contributed by atoms with van der Waals surface area (Å²) in [4.78, 5) is 17.6. The van der Waals surface area contributed by atoms with Crippen molar-refractivity contribution >= 4 is 23.2 Å². The molecule has 7 heteroatoms. The SMILES string of the molecule is O=[N+]([O-])c1cnc(NC2CCCC2)nc1Cl. The van der Waals surface area contributed by atoms with Gasteiger partial charge in [0.1, 0.15) is 6.20 Å². The highest BCUT2D eigenvalue weighted by molar-refractivity contribution is 6.31. The first-order valence-electron chi connectivity index (χ1n) is 5.10. The van der Waals surface area contributed by atoms with Crippen LogP contribution in [0.2, 0.25) is 5.15 Å². The van der Waals surface area contributed by atoms with Crippen molar-refractivity contribution in [3.05, 3.63) is 21.5 Å². The molecule has 0 saturated heterocycles. The summed E-state index contributed by atoms with van der Waals surface area (Å²) in [7, 11) is 0. The van der Waals surface area contributed by atoms with E-state index >= 15 is 0 Å². The van der Waals surface area contributed by atoms with Gasteiger partial charge >= 0.3 is 5.69 Å². The third-order valence-electron chi connectivity index (χ3n) is 2.61. The molecular formula is C9H11ClN4O2. The highest BCUT2D eigenvalue weighted by Crippen LogP contribution is 2.24. The lowest BCUT2D eigenvalue weighted by atomic mass is 10.2. The monoisotopic (exact) mass is 242 g/mol. The molecule has 1 aromatic heterocycles. The predicted molar refractivity (Wildman–Crippen MR) is 59.6 cm³/mol. The zero-order chi connectivity index (χ0) is 11.5. The lowest BCUT2D eigenvalue weighted by Crippen LogP contribution is -2.16. The molecule has 1 fully saturated rings. The van der Waals surface area contributed by atoms with Crippen LogP contribution in [0.4, 0.5) is 11.6 Å². The Morgan fingerprint density at radius 1 is 1.50 bits per heavy atom. The molecule has 1 saturated carbocycles. The molecule has 0 bridgehead atoms. The zero-order valence-corrected chi connectivity index (χ0v) is 9.28. The van der Waals surface area contributed by atoms with Crippen molar-refractivity contribution in [3.8, 4) is 0 Å². The molecule has 2 rings (SSSR count). The van der Waals surface area contributed by atoms with Crippen LogP contribution in [0.1, 0.15) is 25.7 Å². The van der Waals surface area contributed by atoms with Gasteiger partial charge in [-0.05, 0) is 12.8 Å². The molecule has 0 aliphatic heterocycles. The van der Waals surface area contributed by atoms with E-state index in [4.69, 9.17) is 11.6 Å². The fourth-order valence-electron chi connectivity index (χ4n) is 1.80. The third-order valence-corrected chi connectivity index (χ3v) is 2.89. The van der Waals surface area contributed by atoms with Gasteiger partial charge in [0, 0.05) is 6.04 Å². The molecule has 0 aromatic carbocycles. The first kappa shape index (κ1) is 11.1. The van der Waals surface area contributed by atoms with E-state index in [0.29, 0.717) is 12.0 Å². The quantitative estimate of drug-likeness (QED) is 0.500. The average Bonchev–Trinajstić information content (AvgIpc) is 2.70. The summed E-state index contributed by atoms with van der Waals surface area (Å²) in [5.41, 5.74) is -0.265. The first-order chi connectivity index (χ1) is 7.66. The molecule has 1 aliphatic carbocycles. The van der Waals surface area contributed by atoms with E-state index in [2.05, 4.69) is 15.3 Å². The lowest BCUT2D eigenvalue weighted by molar-refractivity contribution is -0.385. The third kappa shape index (κ3) is 2.38. The van der Waals surface area contributed by atoms with Crippen molar-refractivity contribution in [2.45, 2.75) is 31.7 Å². The first-order valence-corrected chi connectivity index (χ1v) is 5.48. The van der Waals surface area contributed by atoms with Crippen LogP contribution >= 0.6 is 11.6 Å². The fourth-order valence-corrected chi connectivity index (χ4v) is 2.00. The molecule has 0 radical (unpaired) electrons. The Hall–Kier alpha value is -1.43. The van der Waals surface area contributed by atoms with Crippen molar-refractivity contribution < 1.29 is 4.92 Å². The topological polar surface area (TPSA) is 81.0 Å². The molecule has 16 heavy (non-hydrogen) atoms. The van der Waals surface area contributed by atoms with Crippen molar-refractivity contribution in [1.29, 1.82) is 0 Å². The predicted octanol–water partition coefficient (Wildman–Crippen LogP) is 2.39. The Kier molecular flexibility index (Phi) is 3.19. The number of hydrogen-bond acceptors (Lipinski definition) is 5. The lowest BCUT2D eigenvalue weighted by Gasteiger charge is -2.10. The molecule has 0 spiro atoms. The maximum Gasteiger partial charge on any atom is 0.324 e. The van der Waals surface area contributed by atoms with Crippen molar-refractivity contribution in [2.24, 2.45) is 0 Å². The number of nitrogens with zero attached hydrogens (tertiary/aromatic N) is 3. The van der Waals surface area contributed by atoms with E-state index in [1.807, 2.05) is 0 Å². The van der Waals surface area contributed by atoms with E-state index in [1.165, 1.54) is 12.8 Å². The second-order valence-corrected chi connectivity index (χ2v) is 4.11. The van der Waals surface area contributed by atoms with Gasteiger partial charge in [0.15, 0.2) is 0 Å². The van der Waals surface area contributed by atoms with Crippen LogP contribution in [0.15, 0.2) is 6.20 Å².